The smallest absolute Gasteiger partial charge is 0.0617 e. The van der Waals surface area contributed by atoms with Crippen LogP contribution in [0.5, 0.6) is 0 Å². The van der Waals surface area contributed by atoms with Crippen LogP contribution in [0.25, 0.3) is 0 Å². The highest BCUT2D eigenvalue weighted by molar-refractivity contribution is 8.07. The highest BCUT2D eigenvalue weighted by Crippen LogP contribution is 2.40. The fourth-order valence-corrected chi connectivity index (χ4v) is 5.10. The van der Waals surface area contributed by atoms with Gasteiger partial charge in [0.05, 0.1) is 12.2 Å². The summed E-state index contributed by atoms with van der Waals surface area (Å²) in [6.07, 6.45) is 3.94. The first-order valence-corrected chi connectivity index (χ1v) is 7.82. The van der Waals surface area contributed by atoms with Gasteiger partial charge in [0.2, 0.25) is 0 Å². The lowest BCUT2D eigenvalue weighted by atomic mass is 10.1. The standard InChI is InChI=1S/C11H20N4S2/c1-7-8(2)17-10(6-16-7)11(14-12)9-4-13-15(3)5-9/h4-5,7-8,10-11,14H,6,12H2,1-3H3. The Balaban J connectivity index is 2.08. The molecule has 4 nitrogen and oxygen atoms in total. The molecular weight excluding hydrogens is 252 g/mol. The lowest BCUT2D eigenvalue weighted by molar-refractivity contribution is 0.549. The molecule has 0 aliphatic carbocycles. The number of aryl methyl sites for hydroxylation is 1. The van der Waals surface area contributed by atoms with Crippen LogP contribution < -0.4 is 11.3 Å². The zero-order chi connectivity index (χ0) is 12.4. The van der Waals surface area contributed by atoms with Gasteiger partial charge in [0, 0.05) is 40.3 Å². The van der Waals surface area contributed by atoms with Crippen LogP contribution in [0.1, 0.15) is 25.5 Å². The number of aromatic nitrogens is 2. The van der Waals surface area contributed by atoms with Crippen molar-refractivity contribution in [3.05, 3.63) is 18.0 Å². The van der Waals surface area contributed by atoms with Crippen LogP contribution in [0.15, 0.2) is 12.4 Å². The average molecular weight is 272 g/mol. The maximum absolute atomic E-state index is 5.72. The third-order valence-electron chi connectivity index (χ3n) is 3.21. The number of hydrazine groups is 1. The van der Waals surface area contributed by atoms with Gasteiger partial charge in [0.1, 0.15) is 0 Å². The molecular formula is C11H20N4S2. The predicted molar refractivity (Wildman–Crippen MR) is 76.0 cm³/mol. The molecule has 0 amide bonds. The van der Waals surface area contributed by atoms with E-state index in [4.69, 9.17) is 5.84 Å². The van der Waals surface area contributed by atoms with Crippen LogP contribution in [0, 0.1) is 0 Å². The number of nitrogens with two attached hydrogens (primary N) is 1. The van der Waals surface area contributed by atoms with Crippen LogP contribution in [0.4, 0.5) is 0 Å². The Morgan fingerprint density at radius 1 is 1.53 bits per heavy atom. The molecule has 3 N–H and O–H groups in total. The molecule has 96 valence electrons. The first kappa shape index (κ1) is 13.3. The second kappa shape index (κ2) is 5.65. The Bertz CT molecular complexity index is 368. The van der Waals surface area contributed by atoms with E-state index in [9.17, 15) is 0 Å². The van der Waals surface area contributed by atoms with E-state index < -0.39 is 0 Å². The lowest BCUT2D eigenvalue weighted by Crippen LogP contribution is -2.40. The van der Waals surface area contributed by atoms with E-state index in [1.54, 1.807) is 0 Å². The number of hydrogen-bond donors (Lipinski definition) is 2. The minimum atomic E-state index is 0.191. The Morgan fingerprint density at radius 2 is 2.29 bits per heavy atom. The number of hydrogen-bond acceptors (Lipinski definition) is 5. The maximum Gasteiger partial charge on any atom is 0.0617 e. The molecule has 1 fully saturated rings. The van der Waals surface area contributed by atoms with Gasteiger partial charge in [0.25, 0.3) is 0 Å². The Kier molecular flexibility index (Phi) is 4.41. The SMILES string of the molecule is CC1SCC(C(NN)c2cnn(C)c2)SC1C. The van der Waals surface area contributed by atoms with Gasteiger partial charge >= 0.3 is 0 Å². The molecule has 4 unspecified atom stereocenters. The van der Waals surface area contributed by atoms with Crippen molar-refractivity contribution in [2.75, 3.05) is 5.75 Å². The molecule has 1 saturated heterocycles. The first-order chi connectivity index (χ1) is 8.11. The third-order valence-corrected chi connectivity index (χ3v) is 6.70. The van der Waals surface area contributed by atoms with Crippen LogP contribution >= 0.6 is 23.5 Å². The van der Waals surface area contributed by atoms with Crippen LogP contribution in [-0.2, 0) is 7.05 Å². The van der Waals surface area contributed by atoms with Gasteiger partial charge in [-0.25, -0.2) is 0 Å². The fourth-order valence-electron chi connectivity index (χ4n) is 2.00. The van der Waals surface area contributed by atoms with E-state index in [1.807, 2.05) is 47.6 Å². The summed E-state index contributed by atoms with van der Waals surface area (Å²) >= 11 is 4.07. The molecule has 6 heteroatoms. The van der Waals surface area contributed by atoms with Crippen molar-refractivity contribution in [2.45, 2.75) is 35.6 Å². The topological polar surface area (TPSA) is 55.9 Å². The third kappa shape index (κ3) is 2.99. The molecule has 0 spiro atoms. The van der Waals surface area contributed by atoms with Gasteiger partial charge in [-0.3, -0.25) is 16.0 Å². The van der Waals surface area contributed by atoms with Gasteiger partial charge < -0.3 is 0 Å². The number of nitrogens with zero attached hydrogens (tertiary/aromatic N) is 2. The summed E-state index contributed by atoms with van der Waals surface area (Å²) in [5.41, 5.74) is 4.13. The molecule has 4 atom stereocenters. The van der Waals surface area contributed by atoms with Gasteiger partial charge in [-0.15, -0.1) is 0 Å². The minimum absolute atomic E-state index is 0.191. The monoisotopic (exact) mass is 272 g/mol. The Hall–Kier alpha value is -0.170. The van der Waals surface area contributed by atoms with E-state index in [0.717, 1.165) is 11.0 Å². The highest BCUT2D eigenvalue weighted by atomic mass is 32.2. The number of rotatable bonds is 3. The molecule has 1 aliphatic rings. The molecule has 1 aromatic heterocycles. The average Bonchev–Trinajstić information content (AvgIpc) is 2.71. The summed E-state index contributed by atoms with van der Waals surface area (Å²) in [6.45, 7) is 4.60. The van der Waals surface area contributed by atoms with E-state index in [1.165, 1.54) is 5.56 Å². The van der Waals surface area contributed by atoms with E-state index in [2.05, 4.69) is 24.4 Å². The van der Waals surface area contributed by atoms with Gasteiger partial charge in [0.15, 0.2) is 0 Å². The second-order valence-corrected chi connectivity index (χ2v) is 7.54. The summed E-state index contributed by atoms with van der Waals surface area (Å²) in [7, 11) is 1.94. The molecule has 0 aromatic carbocycles. The molecule has 0 saturated carbocycles. The van der Waals surface area contributed by atoms with Gasteiger partial charge in [-0.1, -0.05) is 13.8 Å². The number of thioether (sulfide) groups is 2. The van der Waals surface area contributed by atoms with Crippen LogP contribution in [-0.4, -0.2) is 31.3 Å². The normalized spacial score (nSPS) is 31.4. The summed E-state index contributed by atoms with van der Waals surface area (Å²) in [5.74, 6) is 6.85. The predicted octanol–water partition coefficient (Wildman–Crippen LogP) is 1.55. The van der Waals surface area contributed by atoms with Crippen molar-refractivity contribution in [1.29, 1.82) is 0 Å². The van der Waals surface area contributed by atoms with Crippen molar-refractivity contribution in [3.63, 3.8) is 0 Å². The molecule has 2 heterocycles. The zero-order valence-corrected chi connectivity index (χ0v) is 12.1. The van der Waals surface area contributed by atoms with E-state index >= 15 is 0 Å². The molecule has 0 bridgehead atoms. The maximum atomic E-state index is 5.72. The quantitative estimate of drug-likeness (QED) is 0.646. The van der Waals surface area contributed by atoms with Gasteiger partial charge in [-0.2, -0.15) is 28.6 Å². The molecule has 2 rings (SSSR count). The summed E-state index contributed by atoms with van der Waals surface area (Å²) in [4.78, 5) is 0. The summed E-state index contributed by atoms with van der Waals surface area (Å²) in [6, 6.07) is 0.191. The lowest BCUT2D eigenvalue weighted by Gasteiger charge is -2.35. The van der Waals surface area contributed by atoms with E-state index in [0.29, 0.717) is 10.5 Å². The van der Waals surface area contributed by atoms with E-state index in [-0.39, 0.29) is 6.04 Å². The molecule has 17 heavy (non-hydrogen) atoms. The molecule has 1 aromatic rings. The van der Waals surface area contributed by atoms with Crippen molar-refractivity contribution in [2.24, 2.45) is 12.9 Å². The first-order valence-electron chi connectivity index (χ1n) is 5.83. The van der Waals surface area contributed by atoms with Gasteiger partial charge in [-0.05, 0) is 0 Å². The molecule has 0 radical (unpaired) electrons. The highest BCUT2D eigenvalue weighted by Gasteiger charge is 2.32. The fraction of sp³-hybridized carbons (Fsp3) is 0.727. The van der Waals surface area contributed by atoms with Crippen LogP contribution in [0.2, 0.25) is 0 Å². The minimum Gasteiger partial charge on any atom is -0.275 e. The largest absolute Gasteiger partial charge is 0.275 e. The van der Waals surface area contributed by atoms with Crippen LogP contribution in [0.3, 0.4) is 0 Å². The zero-order valence-electron chi connectivity index (χ0n) is 10.5. The van der Waals surface area contributed by atoms with Crippen molar-refractivity contribution in [3.8, 4) is 0 Å². The van der Waals surface area contributed by atoms with Crippen molar-refractivity contribution in [1.82, 2.24) is 15.2 Å². The second-order valence-electron chi connectivity index (χ2n) is 4.51. The Labute approximate surface area is 111 Å². The van der Waals surface area contributed by atoms with Crippen molar-refractivity contribution < 1.29 is 0 Å². The van der Waals surface area contributed by atoms with Crippen molar-refractivity contribution >= 4 is 23.5 Å². The Morgan fingerprint density at radius 3 is 2.82 bits per heavy atom. The summed E-state index contributed by atoms with van der Waals surface area (Å²) in [5, 5.41) is 6.13. The number of nitrogens with one attached hydrogen (secondary N) is 1. The summed E-state index contributed by atoms with van der Waals surface area (Å²) < 4.78 is 1.83. The molecule has 1 aliphatic heterocycles.